The van der Waals surface area contributed by atoms with Crippen LogP contribution < -0.4 is 5.73 Å². The number of H-pyrrole nitrogens is 1. The van der Waals surface area contributed by atoms with Crippen LogP contribution in [0.25, 0.3) is 11.0 Å². The van der Waals surface area contributed by atoms with Crippen LogP contribution in [0.15, 0.2) is 40.4 Å². The quantitative estimate of drug-likeness (QED) is 0.709. The maximum atomic E-state index is 9.14. The highest BCUT2D eigenvalue weighted by Gasteiger charge is 2.13. The Morgan fingerprint density at radius 2 is 2.00 bits per heavy atom. The maximum Gasteiger partial charge on any atom is 0.223 e. The van der Waals surface area contributed by atoms with E-state index < -0.39 is 0 Å². The van der Waals surface area contributed by atoms with Crippen molar-refractivity contribution in [3.05, 3.63) is 41.0 Å². The van der Waals surface area contributed by atoms with Crippen LogP contribution in [0, 0.1) is 11.3 Å². The number of anilines is 1. The monoisotopic (exact) mass is 301 g/mol. The maximum absolute atomic E-state index is 9.14. The number of rotatable bonds is 2. The van der Waals surface area contributed by atoms with Gasteiger partial charge in [-0.2, -0.15) is 10.2 Å². The number of aromatic amines is 1. The number of nitrogen functional groups attached to an aromatic ring is 1. The van der Waals surface area contributed by atoms with Crippen LogP contribution in [-0.4, -0.2) is 15.0 Å². The largest absolute Gasteiger partial charge is 0.368 e. The fourth-order valence-electron chi connectivity index (χ4n) is 1.79. The minimum absolute atomic E-state index is 0.167. The Kier molecular flexibility index (Phi) is 3.22. The molecule has 2 heterocycles. The van der Waals surface area contributed by atoms with Crippen LogP contribution in [0.5, 0.6) is 0 Å². The molecule has 3 N–H and O–H groups in total. The van der Waals surface area contributed by atoms with E-state index in [0.29, 0.717) is 26.6 Å². The minimum Gasteiger partial charge on any atom is -0.368 e. The first-order valence-electron chi connectivity index (χ1n) is 5.65. The topological polar surface area (TPSA) is 91.4 Å². The molecule has 98 valence electrons. The van der Waals surface area contributed by atoms with Crippen molar-refractivity contribution < 1.29 is 0 Å². The van der Waals surface area contributed by atoms with E-state index in [-0.39, 0.29) is 5.95 Å². The molecule has 20 heavy (non-hydrogen) atoms. The van der Waals surface area contributed by atoms with Gasteiger partial charge in [-0.1, -0.05) is 23.4 Å². The first-order chi connectivity index (χ1) is 9.67. The van der Waals surface area contributed by atoms with Crippen molar-refractivity contribution in [2.24, 2.45) is 0 Å². The lowest BCUT2D eigenvalue weighted by atomic mass is 10.3. The zero-order valence-electron chi connectivity index (χ0n) is 10.1. The molecule has 3 rings (SSSR count). The summed E-state index contributed by atoms with van der Waals surface area (Å²) < 4.78 is 0. The zero-order valence-corrected chi connectivity index (χ0v) is 11.7. The smallest absolute Gasteiger partial charge is 0.223 e. The summed E-state index contributed by atoms with van der Waals surface area (Å²) >= 11 is 7.28. The molecule has 0 aliphatic carbocycles. The van der Waals surface area contributed by atoms with E-state index in [1.54, 1.807) is 18.3 Å². The predicted octanol–water partition coefficient (Wildman–Crippen LogP) is 3.22. The molecule has 0 bridgehead atoms. The lowest BCUT2D eigenvalue weighted by molar-refractivity contribution is 1.11. The van der Waals surface area contributed by atoms with Gasteiger partial charge in [0.25, 0.3) is 0 Å². The average molecular weight is 302 g/mol. The summed E-state index contributed by atoms with van der Waals surface area (Å²) in [4.78, 5) is 12.2. The number of nitriles is 1. The number of halogens is 1. The molecule has 0 saturated carbocycles. The van der Waals surface area contributed by atoms with Gasteiger partial charge in [-0.15, -0.1) is 0 Å². The SMILES string of the molecule is N#Cc1c[nH]c2nc(N)nc(Sc3ccc(Cl)cc3)c12. The Labute approximate surface area is 123 Å². The lowest BCUT2D eigenvalue weighted by Crippen LogP contribution is -1.97. The first kappa shape index (κ1) is 12.8. The van der Waals surface area contributed by atoms with Gasteiger partial charge in [0.05, 0.1) is 10.9 Å². The normalized spacial score (nSPS) is 10.6. The Bertz CT molecular complexity index is 819. The Hall–Kier alpha value is -2.23. The number of hydrogen-bond donors (Lipinski definition) is 2. The van der Waals surface area contributed by atoms with Gasteiger partial charge in [-0.25, -0.2) is 4.98 Å². The molecule has 0 spiro atoms. The number of hydrogen-bond acceptors (Lipinski definition) is 5. The van der Waals surface area contributed by atoms with Crippen LogP contribution in [-0.2, 0) is 0 Å². The molecule has 1 aromatic carbocycles. The van der Waals surface area contributed by atoms with Gasteiger partial charge in [0.15, 0.2) is 0 Å². The van der Waals surface area contributed by atoms with Crippen molar-refractivity contribution in [3.8, 4) is 6.07 Å². The van der Waals surface area contributed by atoms with Crippen LogP contribution in [0.1, 0.15) is 5.56 Å². The van der Waals surface area contributed by atoms with Gasteiger partial charge >= 0.3 is 0 Å². The van der Waals surface area contributed by atoms with E-state index in [2.05, 4.69) is 21.0 Å². The summed E-state index contributed by atoms with van der Waals surface area (Å²) in [6, 6.07) is 9.49. The summed E-state index contributed by atoms with van der Waals surface area (Å²) in [6.07, 6.45) is 1.60. The molecule has 0 aliphatic heterocycles. The Morgan fingerprint density at radius 1 is 1.25 bits per heavy atom. The van der Waals surface area contributed by atoms with Crippen molar-refractivity contribution in [1.82, 2.24) is 15.0 Å². The van der Waals surface area contributed by atoms with Gasteiger partial charge in [0.2, 0.25) is 5.95 Å². The van der Waals surface area contributed by atoms with Gasteiger partial charge in [0, 0.05) is 16.1 Å². The molecule has 0 saturated heterocycles. The molecule has 5 nitrogen and oxygen atoms in total. The van der Waals surface area contributed by atoms with Crippen molar-refractivity contribution in [2.45, 2.75) is 9.92 Å². The standard InChI is InChI=1S/C13H8ClN5S/c14-8-1-3-9(4-2-8)20-12-10-7(5-15)6-17-11(10)18-13(16)19-12/h1-4,6H,(H3,16,17,18,19). The summed E-state index contributed by atoms with van der Waals surface area (Å²) in [5.74, 6) is 0.167. The molecular weight excluding hydrogens is 294 g/mol. The number of nitrogens with one attached hydrogen (secondary N) is 1. The van der Waals surface area contributed by atoms with Crippen LogP contribution in [0.4, 0.5) is 5.95 Å². The highest BCUT2D eigenvalue weighted by molar-refractivity contribution is 7.99. The highest BCUT2D eigenvalue weighted by atomic mass is 35.5. The molecule has 7 heteroatoms. The fourth-order valence-corrected chi connectivity index (χ4v) is 2.86. The lowest BCUT2D eigenvalue weighted by Gasteiger charge is -2.04. The molecule has 0 aliphatic rings. The van der Waals surface area contributed by atoms with Crippen molar-refractivity contribution in [1.29, 1.82) is 5.26 Å². The predicted molar refractivity (Wildman–Crippen MR) is 78.6 cm³/mol. The van der Waals surface area contributed by atoms with Crippen LogP contribution in [0.3, 0.4) is 0 Å². The summed E-state index contributed by atoms with van der Waals surface area (Å²) in [7, 11) is 0. The number of nitrogens with zero attached hydrogens (tertiary/aromatic N) is 3. The van der Waals surface area contributed by atoms with E-state index in [4.69, 9.17) is 22.6 Å². The van der Waals surface area contributed by atoms with Crippen LogP contribution in [0.2, 0.25) is 5.02 Å². The molecule has 0 radical (unpaired) electrons. The fraction of sp³-hybridized carbons (Fsp3) is 0. The first-order valence-corrected chi connectivity index (χ1v) is 6.85. The minimum atomic E-state index is 0.167. The second-order valence-electron chi connectivity index (χ2n) is 3.98. The highest BCUT2D eigenvalue weighted by Crippen LogP contribution is 2.33. The number of aromatic nitrogens is 3. The van der Waals surface area contributed by atoms with E-state index in [9.17, 15) is 0 Å². The van der Waals surface area contributed by atoms with E-state index in [0.717, 1.165) is 4.90 Å². The molecule has 3 aromatic rings. The van der Waals surface area contributed by atoms with E-state index in [1.807, 2.05) is 12.1 Å². The van der Waals surface area contributed by atoms with Gasteiger partial charge in [0.1, 0.15) is 16.7 Å². The summed E-state index contributed by atoms with van der Waals surface area (Å²) in [5.41, 5.74) is 6.75. The second-order valence-corrected chi connectivity index (χ2v) is 5.48. The average Bonchev–Trinajstić information content (AvgIpc) is 2.84. The Morgan fingerprint density at radius 3 is 2.70 bits per heavy atom. The summed E-state index contributed by atoms with van der Waals surface area (Å²) in [5, 5.41) is 11.1. The molecule has 0 unspecified atom stereocenters. The van der Waals surface area contributed by atoms with Crippen molar-refractivity contribution >= 4 is 40.3 Å². The van der Waals surface area contributed by atoms with Crippen molar-refractivity contribution in [2.75, 3.05) is 5.73 Å². The number of fused-ring (bicyclic) bond motifs is 1. The van der Waals surface area contributed by atoms with E-state index >= 15 is 0 Å². The zero-order chi connectivity index (χ0) is 14.1. The third-order valence-corrected chi connectivity index (χ3v) is 3.91. The molecular formula is C13H8ClN5S. The Balaban J connectivity index is 2.12. The van der Waals surface area contributed by atoms with Crippen molar-refractivity contribution in [3.63, 3.8) is 0 Å². The number of benzene rings is 1. The molecule has 2 aromatic heterocycles. The summed E-state index contributed by atoms with van der Waals surface area (Å²) in [6.45, 7) is 0. The third-order valence-electron chi connectivity index (χ3n) is 2.66. The molecule has 0 atom stereocenters. The number of nitrogens with two attached hydrogens (primary N) is 1. The van der Waals surface area contributed by atoms with Gasteiger partial charge < -0.3 is 10.7 Å². The second kappa shape index (κ2) is 5.04. The third kappa shape index (κ3) is 2.29. The van der Waals surface area contributed by atoms with Gasteiger partial charge in [-0.3, -0.25) is 0 Å². The van der Waals surface area contributed by atoms with E-state index in [1.165, 1.54) is 11.8 Å². The molecule has 0 amide bonds. The molecule has 0 fully saturated rings. The van der Waals surface area contributed by atoms with Gasteiger partial charge in [-0.05, 0) is 24.3 Å². The van der Waals surface area contributed by atoms with Crippen LogP contribution >= 0.6 is 23.4 Å².